The van der Waals surface area contributed by atoms with Crippen molar-refractivity contribution in [2.45, 2.75) is 26.1 Å². The summed E-state index contributed by atoms with van der Waals surface area (Å²) >= 11 is 0. The predicted molar refractivity (Wildman–Crippen MR) is 57.6 cm³/mol. The fraction of sp³-hybridized carbons (Fsp3) is 0.750. The van der Waals surface area contributed by atoms with Gasteiger partial charge in [-0.1, -0.05) is 10.3 Å². The highest BCUT2D eigenvalue weighted by molar-refractivity contribution is 5.84. The summed E-state index contributed by atoms with van der Waals surface area (Å²) in [5.74, 6) is -0.0195. The van der Waals surface area contributed by atoms with E-state index >= 15 is 0 Å². The lowest BCUT2D eigenvalue weighted by Crippen LogP contribution is -2.32. The van der Waals surface area contributed by atoms with E-state index in [0.29, 0.717) is 0 Å². The summed E-state index contributed by atoms with van der Waals surface area (Å²) in [6.07, 6.45) is -0.986. The quantitative estimate of drug-likeness (QED) is 0.151. The Morgan fingerprint density at radius 3 is 1.56 bits per heavy atom. The Hall–Kier alpha value is -1.54. The molecule has 8 nitrogen and oxygen atoms in total. The highest BCUT2D eigenvalue weighted by Gasteiger charge is 2.09. The second kappa shape index (κ2) is 7.71. The molecule has 0 fully saturated rings. The zero-order chi connectivity index (χ0) is 12.6. The van der Waals surface area contributed by atoms with Crippen molar-refractivity contribution in [3.05, 3.63) is 0 Å². The van der Waals surface area contributed by atoms with E-state index in [1.54, 1.807) is 13.8 Å². The summed E-state index contributed by atoms with van der Waals surface area (Å²) in [5, 5.41) is 22.3. The van der Waals surface area contributed by atoms with Gasteiger partial charge in [0.2, 0.25) is 0 Å². The maximum atomic E-state index is 8.35. The molecule has 0 heterocycles. The largest absolute Gasteiger partial charge is 0.409 e. The van der Waals surface area contributed by atoms with Crippen LogP contribution in [0.3, 0.4) is 0 Å². The Morgan fingerprint density at radius 2 is 1.31 bits per heavy atom. The summed E-state index contributed by atoms with van der Waals surface area (Å²) in [5.41, 5.74) is 10.6. The maximum Gasteiger partial charge on any atom is 0.168 e. The molecular formula is C8H18N4O4. The van der Waals surface area contributed by atoms with Crippen LogP contribution in [-0.4, -0.2) is 47.5 Å². The van der Waals surface area contributed by atoms with E-state index < -0.39 is 12.2 Å². The lowest BCUT2D eigenvalue weighted by atomic mass is 10.4. The van der Waals surface area contributed by atoms with Crippen molar-refractivity contribution < 1.29 is 19.9 Å². The molecule has 2 unspecified atom stereocenters. The summed E-state index contributed by atoms with van der Waals surface area (Å²) < 4.78 is 10.3. The first-order valence-electron chi connectivity index (χ1n) is 4.71. The first-order chi connectivity index (χ1) is 7.52. The molecule has 0 aromatic heterocycles. The minimum atomic E-state index is -0.493. The normalized spacial score (nSPS) is 17.1. The van der Waals surface area contributed by atoms with Crippen molar-refractivity contribution in [3.63, 3.8) is 0 Å². The van der Waals surface area contributed by atoms with Gasteiger partial charge in [0.05, 0.1) is 13.2 Å². The number of rotatable bonds is 7. The monoisotopic (exact) mass is 234 g/mol. The average Bonchev–Trinajstić information content (AvgIpc) is 2.31. The Balaban J connectivity index is 3.69. The third-order valence-electron chi connectivity index (χ3n) is 1.88. The zero-order valence-electron chi connectivity index (χ0n) is 9.33. The van der Waals surface area contributed by atoms with Crippen LogP contribution in [0.4, 0.5) is 0 Å². The Kier molecular flexibility index (Phi) is 6.97. The molecule has 0 aromatic rings. The van der Waals surface area contributed by atoms with Crippen LogP contribution in [0.25, 0.3) is 0 Å². The third kappa shape index (κ3) is 5.37. The van der Waals surface area contributed by atoms with Gasteiger partial charge in [-0.25, -0.2) is 0 Å². The molecule has 0 aliphatic rings. The number of amidine groups is 2. The SMILES string of the molecule is CC(OCCOC(C)/C(N)=N\O)/C(N)=N\O. The van der Waals surface area contributed by atoms with E-state index in [0.717, 1.165) is 0 Å². The number of hydrogen-bond acceptors (Lipinski definition) is 6. The van der Waals surface area contributed by atoms with Gasteiger partial charge in [0, 0.05) is 0 Å². The molecule has 0 spiro atoms. The highest BCUT2D eigenvalue weighted by atomic mass is 16.5. The van der Waals surface area contributed by atoms with Crippen LogP contribution in [0.2, 0.25) is 0 Å². The van der Waals surface area contributed by atoms with Crippen LogP contribution in [0.1, 0.15) is 13.8 Å². The number of nitrogens with zero attached hydrogens (tertiary/aromatic N) is 2. The van der Waals surface area contributed by atoms with Crippen molar-refractivity contribution in [1.29, 1.82) is 0 Å². The molecule has 0 saturated heterocycles. The second-order valence-corrected chi connectivity index (χ2v) is 3.08. The molecule has 94 valence electrons. The van der Waals surface area contributed by atoms with Gasteiger partial charge in [-0.3, -0.25) is 0 Å². The van der Waals surface area contributed by atoms with Gasteiger partial charge in [-0.15, -0.1) is 0 Å². The third-order valence-corrected chi connectivity index (χ3v) is 1.88. The Labute approximate surface area is 93.5 Å². The topological polar surface area (TPSA) is 136 Å². The lowest BCUT2D eigenvalue weighted by Gasteiger charge is -2.14. The van der Waals surface area contributed by atoms with Gasteiger partial charge in [0.1, 0.15) is 12.2 Å². The number of ether oxygens (including phenoxy) is 2. The van der Waals surface area contributed by atoms with Crippen molar-refractivity contribution in [3.8, 4) is 0 Å². The average molecular weight is 234 g/mol. The molecule has 0 radical (unpaired) electrons. The summed E-state index contributed by atoms with van der Waals surface area (Å²) in [6.45, 7) is 3.78. The molecular weight excluding hydrogens is 216 g/mol. The van der Waals surface area contributed by atoms with Crippen molar-refractivity contribution in [2.75, 3.05) is 13.2 Å². The summed E-state index contributed by atoms with van der Waals surface area (Å²) in [4.78, 5) is 0. The Morgan fingerprint density at radius 1 is 1.00 bits per heavy atom. The number of hydrogen-bond donors (Lipinski definition) is 4. The first kappa shape index (κ1) is 14.5. The zero-order valence-corrected chi connectivity index (χ0v) is 9.33. The van der Waals surface area contributed by atoms with Crippen LogP contribution in [0.5, 0.6) is 0 Å². The van der Waals surface area contributed by atoms with Gasteiger partial charge in [-0.05, 0) is 13.8 Å². The number of nitrogens with two attached hydrogens (primary N) is 2. The van der Waals surface area contributed by atoms with Crippen LogP contribution in [0, 0.1) is 0 Å². The number of oxime groups is 2. The van der Waals surface area contributed by atoms with E-state index in [-0.39, 0.29) is 24.9 Å². The minimum absolute atomic E-state index is 0.00974. The summed E-state index contributed by atoms with van der Waals surface area (Å²) in [7, 11) is 0. The van der Waals surface area contributed by atoms with Crippen LogP contribution >= 0.6 is 0 Å². The van der Waals surface area contributed by atoms with Gasteiger partial charge in [0.25, 0.3) is 0 Å². The van der Waals surface area contributed by atoms with Gasteiger partial charge in [0.15, 0.2) is 11.7 Å². The van der Waals surface area contributed by atoms with Crippen molar-refractivity contribution >= 4 is 11.7 Å². The van der Waals surface area contributed by atoms with E-state index in [4.69, 9.17) is 31.4 Å². The van der Waals surface area contributed by atoms with E-state index in [1.807, 2.05) is 0 Å². The lowest BCUT2D eigenvalue weighted by molar-refractivity contribution is 0.0230. The molecule has 8 heteroatoms. The van der Waals surface area contributed by atoms with Gasteiger partial charge < -0.3 is 31.4 Å². The maximum absolute atomic E-state index is 8.35. The molecule has 0 amide bonds. The molecule has 16 heavy (non-hydrogen) atoms. The highest BCUT2D eigenvalue weighted by Crippen LogP contribution is 1.94. The van der Waals surface area contributed by atoms with Crippen LogP contribution in [-0.2, 0) is 9.47 Å². The molecule has 6 N–H and O–H groups in total. The predicted octanol–water partition coefficient (Wildman–Crippen LogP) is -0.711. The smallest absolute Gasteiger partial charge is 0.168 e. The van der Waals surface area contributed by atoms with Gasteiger partial charge in [-0.2, -0.15) is 0 Å². The molecule has 0 aliphatic heterocycles. The molecule has 0 aromatic carbocycles. The van der Waals surface area contributed by atoms with E-state index in [2.05, 4.69) is 10.3 Å². The van der Waals surface area contributed by atoms with Crippen LogP contribution in [0.15, 0.2) is 10.3 Å². The standard InChI is InChI=1S/C8H18N4O4/c1-5(7(9)11-13)15-3-4-16-6(2)8(10)12-14/h5-6,13-14H,3-4H2,1-2H3,(H2,9,11)(H2,10,12). The van der Waals surface area contributed by atoms with Crippen LogP contribution < -0.4 is 11.5 Å². The fourth-order valence-electron chi connectivity index (χ4n) is 0.783. The molecule has 0 rings (SSSR count). The molecule has 0 aliphatic carbocycles. The fourth-order valence-corrected chi connectivity index (χ4v) is 0.783. The van der Waals surface area contributed by atoms with Crippen molar-refractivity contribution in [2.24, 2.45) is 21.8 Å². The Bertz CT molecular complexity index is 230. The van der Waals surface area contributed by atoms with Crippen molar-refractivity contribution in [1.82, 2.24) is 0 Å². The first-order valence-corrected chi connectivity index (χ1v) is 4.71. The minimum Gasteiger partial charge on any atom is -0.409 e. The van der Waals surface area contributed by atoms with E-state index in [1.165, 1.54) is 0 Å². The van der Waals surface area contributed by atoms with Gasteiger partial charge >= 0.3 is 0 Å². The summed E-state index contributed by atoms with van der Waals surface area (Å²) in [6, 6.07) is 0. The molecule has 0 bridgehead atoms. The molecule has 0 saturated carbocycles. The molecule has 2 atom stereocenters. The second-order valence-electron chi connectivity index (χ2n) is 3.08. The van der Waals surface area contributed by atoms with E-state index in [9.17, 15) is 0 Å².